The molecule has 0 N–H and O–H groups in total. The topological polar surface area (TPSA) is 12.4 Å². The van der Waals surface area contributed by atoms with Crippen LogP contribution in [-0.2, 0) is 0 Å². The third kappa shape index (κ3) is 2.89. The molecule has 0 aromatic heterocycles. The van der Waals surface area contributed by atoms with Crippen LogP contribution < -0.4 is 0 Å². The Morgan fingerprint density at radius 3 is 2.67 bits per heavy atom. The van der Waals surface area contributed by atoms with E-state index < -0.39 is 0 Å². The first-order chi connectivity index (χ1) is 5.83. The Morgan fingerprint density at radius 1 is 1.42 bits per heavy atom. The molecular weight excluding hydrogens is 214 g/mol. The van der Waals surface area contributed by atoms with Gasteiger partial charge in [0.1, 0.15) is 0 Å². The average Bonchev–Trinajstić information content (AvgIpc) is 2.09. The second-order valence-electron chi connectivity index (χ2n) is 2.23. The molecule has 0 bridgehead atoms. The van der Waals surface area contributed by atoms with E-state index in [9.17, 15) is 0 Å². The molecule has 0 saturated heterocycles. The molecule has 0 radical (unpaired) electrons. The zero-order chi connectivity index (χ0) is 8.81. The zero-order valence-electron chi connectivity index (χ0n) is 6.50. The normalized spacial score (nSPS) is 10.0. The number of terminal acetylenes is 1. The van der Waals surface area contributed by atoms with Gasteiger partial charge in [0.2, 0.25) is 0 Å². The molecule has 60 valence electrons. The van der Waals surface area contributed by atoms with Crippen molar-refractivity contribution < 1.29 is 0 Å². The van der Waals surface area contributed by atoms with E-state index in [2.05, 4.69) is 26.8 Å². The van der Waals surface area contributed by atoms with Gasteiger partial charge in [-0.25, -0.2) is 0 Å². The Balaban J connectivity index is 2.66. The van der Waals surface area contributed by atoms with Crippen molar-refractivity contribution in [2.24, 2.45) is 4.99 Å². The van der Waals surface area contributed by atoms with Gasteiger partial charge >= 0.3 is 0 Å². The molecule has 1 aromatic carbocycles. The van der Waals surface area contributed by atoms with E-state index in [-0.39, 0.29) is 0 Å². The summed E-state index contributed by atoms with van der Waals surface area (Å²) in [5, 5.41) is 0. The first-order valence-corrected chi connectivity index (χ1v) is 4.31. The van der Waals surface area contributed by atoms with Gasteiger partial charge in [0.25, 0.3) is 0 Å². The molecule has 2 heteroatoms. The van der Waals surface area contributed by atoms with Crippen LogP contribution in [0.4, 0.5) is 0 Å². The van der Waals surface area contributed by atoms with Crippen LogP contribution in [0.1, 0.15) is 5.56 Å². The molecule has 1 nitrogen and oxygen atoms in total. The molecule has 0 amide bonds. The van der Waals surface area contributed by atoms with Gasteiger partial charge in [-0.2, -0.15) is 0 Å². The second-order valence-corrected chi connectivity index (χ2v) is 3.14. The van der Waals surface area contributed by atoms with E-state index in [1.54, 1.807) is 6.21 Å². The molecule has 0 atom stereocenters. The van der Waals surface area contributed by atoms with E-state index in [0.717, 1.165) is 10.0 Å². The smallest absolute Gasteiger partial charge is 0.0995 e. The molecule has 0 fully saturated rings. The van der Waals surface area contributed by atoms with Crippen molar-refractivity contribution in [1.82, 2.24) is 0 Å². The fourth-order valence-corrected chi connectivity index (χ4v) is 1.02. The summed E-state index contributed by atoms with van der Waals surface area (Å²) in [5.74, 6) is 2.44. The van der Waals surface area contributed by atoms with Crippen molar-refractivity contribution in [3.63, 3.8) is 0 Å². The summed E-state index contributed by atoms with van der Waals surface area (Å²) < 4.78 is 1.07. The minimum atomic E-state index is 0.441. The molecule has 12 heavy (non-hydrogen) atoms. The van der Waals surface area contributed by atoms with E-state index >= 15 is 0 Å². The molecular formula is C10H8BrN. The van der Waals surface area contributed by atoms with Gasteiger partial charge in [0, 0.05) is 10.7 Å². The predicted molar refractivity (Wildman–Crippen MR) is 55.4 cm³/mol. The average molecular weight is 222 g/mol. The fraction of sp³-hybridized carbons (Fsp3) is 0.100. The summed E-state index contributed by atoms with van der Waals surface area (Å²) in [6, 6.07) is 7.89. The van der Waals surface area contributed by atoms with Crippen LogP contribution in [0.25, 0.3) is 0 Å². The van der Waals surface area contributed by atoms with Gasteiger partial charge in [-0.05, 0) is 17.7 Å². The van der Waals surface area contributed by atoms with Gasteiger partial charge in [-0.1, -0.05) is 34.0 Å². The molecule has 0 spiro atoms. The zero-order valence-corrected chi connectivity index (χ0v) is 8.08. The van der Waals surface area contributed by atoms with Crippen LogP contribution >= 0.6 is 15.9 Å². The number of nitrogens with zero attached hydrogens (tertiary/aromatic N) is 1. The largest absolute Gasteiger partial charge is 0.280 e. The van der Waals surface area contributed by atoms with E-state index in [4.69, 9.17) is 6.42 Å². The number of hydrogen-bond acceptors (Lipinski definition) is 1. The first kappa shape index (κ1) is 9.02. The Kier molecular flexibility index (Phi) is 3.56. The Morgan fingerprint density at radius 2 is 2.08 bits per heavy atom. The van der Waals surface area contributed by atoms with E-state index in [1.807, 2.05) is 24.3 Å². The lowest BCUT2D eigenvalue weighted by molar-refractivity contribution is 1.30. The van der Waals surface area contributed by atoms with Crippen LogP contribution in [0.3, 0.4) is 0 Å². The van der Waals surface area contributed by atoms with E-state index in [0.29, 0.717) is 6.54 Å². The maximum atomic E-state index is 5.05. The number of aliphatic imine (C=N–C) groups is 1. The first-order valence-electron chi connectivity index (χ1n) is 3.52. The molecule has 0 aliphatic heterocycles. The van der Waals surface area contributed by atoms with Crippen molar-refractivity contribution in [3.05, 3.63) is 34.3 Å². The summed E-state index contributed by atoms with van der Waals surface area (Å²) in [4.78, 5) is 4.01. The predicted octanol–water partition coefficient (Wildman–Crippen LogP) is 2.50. The van der Waals surface area contributed by atoms with Gasteiger partial charge in [0.05, 0.1) is 6.54 Å². The van der Waals surface area contributed by atoms with Gasteiger partial charge < -0.3 is 0 Å². The van der Waals surface area contributed by atoms with Crippen molar-refractivity contribution in [2.45, 2.75) is 0 Å². The summed E-state index contributed by atoms with van der Waals surface area (Å²) in [7, 11) is 0. The lowest BCUT2D eigenvalue weighted by Crippen LogP contribution is -1.81. The standard InChI is InChI=1S/C10H8BrN/c1-2-7-12-8-9-3-5-10(11)6-4-9/h1,3-6,8H,7H2. The van der Waals surface area contributed by atoms with Crippen LogP contribution in [0.15, 0.2) is 33.7 Å². The Hall–Kier alpha value is -1.07. The van der Waals surface area contributed by atoms with Crippen molar-refractivity contribution in [2.75, 3.05) is 6.54 Å². The summed E-state index contributed by atoms with van der Waals surface area (Å²) in [5.41, 5.74) is 1.06. The lowest BCUT2D eigenvalue weighted by atomic mass is 10.2. The van der Waals surface area contributed by atoms with Crippen molar-refractivity contribution in [1.29, 1.82) is 0 Å². The molecule has 1 aromatic rings. The van der Waals surface area contributed by atoms with Crippen LogP contribution in [0.2, 0.25) is 0 Å². The molecule has 0 saturated carbocycles. The van der Waals surface area contributed by atoms with Gasteiger partial charge in [-0.15, -0.1) is 6.42 Å². The van der Waals surface area contributed by atoms with Crippen LogP contribution in [0.5, 0.6) is 0 Å². The van der Waals surface area contributed by atoms with Gasteiger partial charge in [0.15, 0.2) is 0 Å². The summed E-state index contributed by atoms with van der Waals surface area (Å²) >= 11 is 3.35. The highest BCUT2D eigenvalue weighted by atomic mass is 79.9. The van der Waals surface area contributed by atoms with Crippen LogP contribution in [-0.4, -0.2) is 12.8 Å². The molecule has 0 heterocycles. The highest BCUT2D eigenvalue weighted by Crippen LogP contribution is 2.08. The second kappa shape index (κ2) is 4.74. The maximum absolute atomic E-state index is 5.05. The van der Waals surface area contributed by atoms with Gasteiger partial charge in [-0.3, -0.25) is 4.99 Å². The maximum Gasteiger partial charge on any atom is 0.0995 e. The molecule has 1 rings (SSSR count). The Bertz CT molecular complexity index is 306. The van der Waals surface area contributed by atoms with E-state index in [1.165, 1.54) is 0 Å². The SMILES string of the molecule is C#CCN=Cc1ccc(Br)cc1. The summed E-state index contributed by atoms with van der Waals surface area (Å²) in [6.07, 6.45) is 6.82. The fourth-order valence-electron chi connectivity index (χ4n) is 0.753. The monoisotopic (exact) mass is 221 g/mol. The molecule has 0 aliphatic rings. The number of benzene rings is 1. The van der Waals surface area contributed by atoms with Crippen molar-refractivity contribution >= 4 is 22.1 Å². The quantitative estimate of drug-likeness (QED) is 0.538. The Labute approximate surface area is 80.7 Å². The molecule has 0 unspecified atom stereocenters. The highest BCUT2D eigenvalue weighted by molar-refractivity contribution is 9.10. The van der Waals surface area contributed by atoms with Crippen LogP contribution in [0, 0.1) is 12.3 Å². The molecule has 0 aliphatic carbocycles. The minimum absolute atomic E-state index is 0.441. The third-order valence-electron chi connectivity index (χ3n) is 1.29. The number of halogens is 1. The number of rotatable bonds is 2. The minimum Gasteiger partial charge on any atom is -0.280 e. The summed E-state index contributed by atoms with van der Waals surface area (Å²) in [6.45, 7) is 0.441. The highest BCUT2D eigenvalue weighted by Gasteiger charge is 1.86. The van der Waals surface area contributed by atoms with Crippen molar-refractivity contribution in [3.8, 4) is 12.3 Å². The third-order valence-corrected chi connectivity index (χ3v) is 1.82. The lowest BCUT2D eigenvalue weighted by Gasteiger charge is -1.91. The number of hydrogen-bond donors (Lipinski definition) is 0.